The largest absolute Gasteiger partial charge is 0.326 e. The third kappa shape index (κ3) is 2.70. The average molecular weight is 278 g/mol. The molecule has 0 amide bonds. The lowest BCUT2D eigenvalue weighted by atomic mass is 9.99. The van der Waals surface area contributed by atoms with Crippen molar-refractivity contribution in [3.63, 3.8) is 0 Å². The topological polar surface area (TPSA) is 52.0 Å². The van der Waals surface area contributed by atoms with Crippen LogP contribution in [0.3, 0.4) is 0 Å². The maximum Gasteiger partial charge on any atom is 0.0463 e. The van der Waals surface area contributed by atoms with E-state index < -0.39 is 0 Å². The number of halogens is 2. The van der Waals surface area contributed by atoms with Gasteiger partial charge in [0, 0.05) is 21.6 Å². The molecular formula is C10H14BrClN2. The molecule has 0 bridgehead atoms. The van der Waals surface area contributed by atoms with E-state index in [1.807, 2.05) is 25.1 Å². The lowest BCUT2D eigenvalue weighted by Crippen LogP contribution is -2.33. The van der Waals surface area contributed by atoms with Crippen molar-refractivity contribution in [2.24, 2.45) is 11.5 Å². The first-order valence-electron chi connectivity index (χ1n) is 4.52. The third-order valence-corrected chi connectivity index (χ3v) is 3.09. The fourth-order valence-electron chi connectivity index (χ4n) is 1.25. The molecule has 0 heterocycles. The van der Waals surface area contributed by atoms with E-state index in [2.05, 4.69) is 15.9 Å². The highest BCUT2D eigenvalue weighted by atomic mass is 79.9. The highest BCUT2D eigenvalue weighted by Crippen LogP contribution is 2.27. The quantitative estimate of drug-likeness (QED) is 0.892. The van der Waals surface area contributed by atoms with Gasteiger partial charge in [-0.2, -0.15) is 0 Å². The van der Waals surface area contributed by atoms with Crippen LogP contribution in [0.15, 0.2) is 22.7 Å². The monoisotopic (exact) mass is 276 g/mol. The van der Waals surface area contributed by atoms with Crippen LogP contribution in [0.1, 0.15) is 24.9 Å². The van der Waals surface area contributed by atoms with E-state index in [4.69, 9.17) is 23.1 Å². The summed E-state index contributed by atoms with van der Waals surface area (Å²) in [5.41, 5.74) is 12.8. The van der Waals surface area contributed by atoms with Gasteiger partial charge in [-0.05, 0) is 30.2 Å². The molecule has 1 aromatic rings. The van der Waals surface area contributed by atoms with Crippen molar-refractivity contribution < 1.29 is 0 Å². The van der Waals surface area contributed by atoms with E-state index in [-0.39, 0.29) is 12.1 Å². The summed E-state index contributed by atoms with van der Waals surface area (Å²) in [5, 5.41) is 0.671. The normalized spacial score (nSPS) is 15.2. The first-order chi connectivity index (χ1) is 6.56. The highest BCUT2D eigenvalue weighted by Gasteiger charge is 2.16. The summed E-state index contributed by atoms with van der Waals surface area (Å²) in [4.78, 5) is 0. The summed E-state index contributed by atoms with van der Waals surface area (Å²) in [6, 6.07) is 5.37. The maximum absolute atomic E-state index is 6.04. The van der Waals surface area contributed by atoms with E-state index in [0.717, 1.165) is 16.5 Å². The Morgan fingerprint density at radius 3 is 2.64 bits per heavy atom. The van der Waals surface area contributed by atoms with Crippen LogP contribution >= 0.6 is 27.5 Å². The molecule has 1 aromatic carbocycles. The number of benzene rings is 1. The summed E-state index contributed by atoms with van der Waals surface area (Å²) in [6.45, 7) is 2.01. The third-order valence-electron chi connectivity index (χ3n) is 2.25. The second-order valence-electron chi connectivity index (χ2n) is 3.26. The van der Waals surface area contributed by atoms with E-state index in [1.165, 1.54) is 0 Å². The smallest absolute Gasteiger partial charge is 0.0463 e. The second kappa shape index (κ2) is 5.12. The van der Waals surface area contributed by atoms with Crippen molar-refractivity contribution in [3.8, 4) is 0 Å². The van der Waals surface area contributed by atoms with Crippen LogP contribution < -0.4 is 11.5 Å². The lowest BCUT2D eigenvalue weighted by Gasteiger charge is -2.19. The first kappa shape index (κ1) is 12.0. The van der Waals surface area contributed by atoms with Crippen LogP contribution in [-0.2, 0) is 0 Å². The minimum Gasteiger partial charge on any atom is -0.326 e. The van der Waals surface area contributed by atoms with E-state index in [9.17, 15) is 0 Å². The van der Waals surface area contributed by atoms with Crippen LogP contribution in [0.25, 0.3) is 0 Å². The number of hydrogen-bond donors (Lipinski definition) is 2. The Morgan fingerprint density at radius 2 is 2.07 bits per heavy atom. The Bertz CT molecular complexity index is 317. The summed E-state index contributed by atoms with van der Waals surface area (Å²) < 4.78 is 0.968. The molecule has 0 fully saturated rings. The first-order valence-corrected chi connectivity index (χ1v) is 5.69. The maximum atomic E-state index is 6.04. The van der Waals surface area contributed by atoms with Crippen molar-refractivity contribution >= 4 is 27.5 Å². The van der Waals surface area contributed by atoms with Gasteiger partial charge in [-0.1, -0.05) is 34.5 Å². The van der Waals surface area contributed by atoms with Crippen molar-refractivity contribution in [3.05, 3.63) is 33.3 Å². The van der Waals surface area contributed by atoms with Crippen LogP contribution in [-0.4, -0.2) is 6.04 Å². The SMILES string of the molecule is CCC(N)C(N)c1cc(Br)ccc1Cl. The van der Waals surface area contributed by atoms with Gasteiger partial charge in [0.15, 0.2) is 0 Å². The van der Waals surface area contributed by atoms with Gasteiger partial charge in [-0.25, -0.2) is 0 Å². The Kier molecular flexibility index (Phi) is 4.38. The lowest BCUT2D eigenvalue weighted by molar-refractivity contribution is 0.532. The molecular weight excluding hydrogens is 263 g/mol. The molecule has 4 heteroatoms. The van der Waals surface area contributed by atoms with E-state index in [0.29, 0.717) is 5.02 Å². The molecule has 0 saturated heterocycles. The summed E-state index contributed by atoms with van der Waals surface area (Å²) in [5.74, 6) is 0. The Morgan fingerprint density at radius 1 is 1.43 bits per heavy atom. The number of nitrogens with two attached hydrogens (primary N) is 2. The Balaban J connectivity index is 2.99. The van der Waals surface area contributed by atoms with E-state index in [1.54, 1.807) is 0 Å². The molecule has 0 saturated carbocycles. The molecule has 2 unspecified atom stereocenters. The van der Waals surface area contributed by atoms with Crippen LogP contribution in [0.4, 0.5) is 0 Å². The van der Waals surface area contributed by atoms with Crippen molar-refractivity contribution in [1.82, 2.24) is 0 Å². The summed E-state index contributed by atoms with van der Waals surface area (Å²) in [6.07, 6.45) is 0.837. The fraction of sp³-hybridized carbons (Fsp3) is 0.400. The minimum atomic E-state index is -0.204. The minimum absolute atomic E-state index is 0.0539. The molecule has 78 valence electrons. The Labute approximate surface area is 97.7 Å². The molecule has 0 aliphatic heterocycles. The van der Waals surface area contributed by atoms with Gasteiger partial charge in [0.25, 0.3) is 0 Å². The molecule has 0 spiro atoms. The standard InChI is InChI=1S/C10H14BrClN2/c1-2-9(13)10(14)7-5-6(11)3-4-8(7)12/h3-5,9-10H,2,13-14H2,1H3. The van der Waals surface area contributed by atoms with Gasteiger partial charge in [0.2, 0.25) is 0 Å². The van der Waals surface area contributed by atoms with Crippen molar-refractivity contribution in [2.45, 2.75) is 25.4 Å². The van der Waals surface area contributed by atoms with Crippen molar-refractivity contribution in [2.75, 3.05) is 0 Å². The number of rotatable bonds is 3. The number of hydrogen-bond acceptors (Lipinski definition) is 2. The van der Waals surface area contributed by atoms with Crippen LogP contribution in [0, 0.1) is 0 Å². The molecule has 0 radical (unpaired) electrons. The second-order valence-corrected chi connectivity index (χ2v) is 4.59. The Hall–Kier alpha value is -0.0900. The fourth-order valence-corrected chi connectivity index (χ4v) is 1.88. The van der Waals surface area contributed by atoms with Gasteiger partial charge in [0.1, 0.15) is 0 Å². The van der Waals surface area contributed by atoms with Gasteiger partial charge >= 0.3 is 0 Å². The molecule has 1 rings (SSSR count). The molecule has 2 atom stereocenters. The summed E-state index contributed by atoms with van der Waals surface area (Å²) >= 11 is 9.42. The zero-order valence-corrected chi connectivity index (χ0v) is 10.3. The average Bonchev–Trinajstić information content (AvgIpc) is 2.19. The molecule has 14 heavy (non-hydrogen) atoms. The van der Waals surface area contributed by atoms with E-state index >= 15 is 0 Å². The molecule has 0 aliphatic rings. The molecule has 2 nitrogen and oxygen atoms in total. The summed E-state index contributed by atoms with van der Waals surface area (Å²) in [7, 11) is 0. The van der Waals surface area contributed by atoms with Gasteiger partial charge in [-0.3, -0.25) is 0 Å². The van der Waals surface area contributed by atoms with Gasteiger partial charge in [-0.15, -0.1) is 0 Å². The zero-order chi connectivity index (χ0) is 10.7. The predicted octanol–water partition coefficient (Wildman–Crippen LogP) is 2.84. The van der Waals surface area contributed by atoms with Crippen LogP contribution in [0.2, 0.25) is 5.02 Å². The van der Waals surface area contributed by atoms with Crippen LogP contribution in [0.5, 0.6) is 0 Å². The molecule has 0 aliphatic carbocycles. The predicted molar refractivity (Wildman–Crippen MR) is 64.3 cm³/mol. The van der Waals surface area contributed by atoms with Gasteiger partial charge < -0.3 is 11.5 Å². The molecule has 0 aromatic heterocycles. The van der Waals surface area contributed by atoms with Crippen molar-refractivity contribution in [1.29, 1.82) is 0 Å². The zero-order valence-electron chi connectivity index (χ0n) is 8.00. The van der Waals surface area contributed by atoms with Gasteiger partial charge in [0.05, 0.1) is 0 Å². The highest BCUT2D eigenvalue weighted by molar-refractivity contribution is 9.10. The molecule has 4 N–H and O–H groups in total.